The number of aromatic nitrogens is 6. The Morgan fingerprint density at radius 3 is 1.87 bits per heavy atom. The molecule has 0 radical (unpaired) electrons. The lowest BCUT2D eigenvalue weighted by atomic mass is 9.87. The highest BCUT2D eigenvalue weighted by Crippen LogP contribution is 2.38. The van der Waals surface area contributed by atoms with Gasteiger partial charge < -0.3 is 10.5 Å². The van der Waals surface area contributed by atoms with E-state index in [2.05, 4.69) is 41.3 Å². The van der Waals surface area contributed by atoms with Gasteiger partial charge in [-0.05, 0) is 75.7 Å². The third-order valence-corrected chi connectivity index (χ3v) is 14.8. The molecule has 0 spiro atoms. The van der Waals surface area contributed by atoms with Gasteiger partial charge in [0.15, 0.2) is 0 Å². The molecule has 3 aliphatic rings. The van der Waals surface area contributed by atoms with Crippen LogP contribution in [0.15, 0.2) is 171 Å². The Hall–Kier alpha value is -7.89. The van der Waals surface area contributed by atoms with Crippen molar-refractivity contribution in [1.29, 1.82) is 0 Å². The van der Waals surface area contributed by atoms with Crippen molar-refractivity contribution >= 4 is 52.4 Å². The molecule has 8 aromatic rings. The highest BCUT2D eigenvalue weighted by atomic mass is 35.5. The quantitative estimate of drug-likeness (QED) is 0.107. The molecule has 6 aromatic carbocycles. The van der Waals surface area contributed by atoms with Gasteiger partial charge in [-0.2, -0.15) is 10.2 Å². The predicted octanol–water partition coefficient (Wildman–Crippen LogP) is 7.91. The number of halogens is 2. The van der Waals surface area contributed by atoms with Crippen LogP contribution in [0.25, 0.3) is 11.1 Å². The minimum Gasteiger partial charge on any atom is -0.379 e. The van der Waals surface area contributed by atoms with Crippen LogP contribution in [0.4, 0.5) is 11.9 Å². The molecule has 18 heteroatoms. The lowest BCUT2D eigenvalue weighted by molar-refractivity contribution is -0.120. The van der Waals surface area contributed by atoms with Gasteiger partial charge in [-0.3, -0.25) is 14.3 Å². The molecule has 1 unspecified atom stereocenters. The Bertz CT molecular complexity index is 3570. The van der Waals surface area contributed by atoms with Gasteiger partial charge in [-0.1, -0.05) is 151 Å². The SMILES string of the molecule is CC(C(N)=O)n1c(N2C[C@H](c3cccc(-c4cc(C5=NN(c6nn(Cc7ccccc7)c(=O)n6C)C[C@H]5c5ccccc5)ccc4Cl)c3)C(c3ccc(Cl)cc3)=N2)nn(Cc2ccc(CN3CCOCC3)cc2)c1=O. The fourth-order valence-corrected chi connectivity index (χ4v) is 10.4. The monoisotopic (exact) mass is 1040 g/mol. The fourth-order valence-electron chi connectivity index (χ4n) is 10.1. The molecule has 0 aliphatic carbocycles. The minimum atomic E-state index is -1.02. The number of carbonyl (C=O) groups is 1. The summed E-state index contributed by atoms with van der Waals surface area (Å²) in [4.78, 5) is 43.1. The van der Waals surface area contributed by atoms with Gasteiger partial charge in [0.25, 0.3) is 0 Å². The number of hydrogen-bond acceptors (Lipinski definition) is 11. The highest BCUT2D eigenvalue weighted by molar-refractivity contribution is 6.33. The Balaban J connectivity index is 0.922. The van der Waals surface area contributed by atoms with Gasteiger partial charge in [-0.15, -0.1) is 10.2 Å². The van der Waals surface area contributed by atoms with Gasteiger partial charge in [0.05, 0.1) is 50.8 Å². The van der Waals surface area contributed by atoms with E-state index in [1.165, 1.54) is 13.9 Å². The van der Waals surface area contributed by atoms with E-state index in [1.54, 1.807) is 23.5 Å². The zero-order valence-corrected chi connectivity index (χ0v) is 42.9. The number of nitrogens with zero attached hydrogens (tertiary/aromatic N) is 11. The van der Waals surface area contributed by atoms with Crippen molar-refractivity contribution in [1.82, 2.24) is 33.6 Å². The third-order valence-electron chi connectivity index (χ3n) is 14.2. The van der Waals surface area contributed by atoms with E-state index in [9.17, 15) is 14.4 Å². The number of hydrogen-bond donors (Lipinski definition) is 1. The molecule has 2 N–H and O–H groups in total. The van der Waals surface area contributed by atoms with Crippen LogP contribution in [0.3, 0.4) is 0 Å². The molecule has 11 rings (SSSR count). The molecule has 1 amide bonds. The molecule has 2 aromatic heterocycles. The molecule has 1 fully saturated rings. The van der Waals surface area contributed by atoms with Crippen LogP contribution in [0, 0.1) is 0 Å². The zero-order chi connectivity index (χ0) is 51.7. The number of rotatable bonds is 15. The second-order valence-corrected chi connectivity index (χ2v) is 20.0. The topological polar surface area (TPSA) is 166 Å². The van der Waals surface area contributed by atoms with E-state index in [1.807, 2.05) is 120 Å². The van der Waals surface area contributed by atoms with Crippen LogP contribution < -0.4 is 27.1 Å². The Morgan fingerprint density at radius 2 is 1.19 bits per heavy atom. The number of ether oxygens (including phenoxy) is 1. The van der Waals surface area contributed by atoms with Crippen LogP contribution in [-0.2, 0) is 36.2 Å². The van der Waals surface area contributed by atoms with Gasteiger partial charge >= 0.3 is 11.4 Å². The Morgan fingerprint density at radius 1 is 0.627 bits per heavy atom. The lowest BCUT2D eigenvalue weighted by Gasteiger charge is -2.26. The molecular weight excluding hydrogens is 988 g/mol. The maximum absolute atomic E-state index is 14.3. The van der Waals surface area contributed by atoms with Gasteiger partial charge in [0, 0.05) is 54.1 Å². The van der Waals surface area contributed by atoms with Crippen LogP contribution in [0.2, 0.25) is 10.0 Å². The first-order valence-corrected chi connectivity index (χ1v) is 25.7. The summed E-state index contributed by atoms with van der Waals surface area (Å²) in [6, 6.07) is 48.7. The zero-order valence-electron chi connectivity index (χ0n) is 41.4. The first-order chi connectivity index (χ1) is 36.4. The minimum absolute atomic E-state index is 0.159. The van der Waals surface area contributed by atoms with Crippen LogP contribution in [-0.4, -0.2) is 90.3 Å². The number of hydrazone groups is 2. The van der Waals surface area contributed by atoms with Gasteiger partial charge in [-0.25, -0.2) is 33.5 Å². The van der Waals surface area contributed by atoms with Crippen LogP contribution >= 0.6 is 23.2 Å². The van der Waals surface area contributed by atoms with Crippen molar-refractivity contribution < 1.29 is 9.53 Å². The lowest BCUT2D eigenvalue weighted by Crippen LogP contribution is -2.35. The summed E-state index contributed by atoms with van der Waals surface area (Å²) in [5.74, 6) is -0.545. The predicted molar refractivity (Wildman–Crippen MR) is 293 cm³/mol. The van der Waals surface area contributed by atoms with E-state index >= 15 is 0 Å². The summed E-state index contributed by atoms with van der Waals surface area (Å²) in [6.07, 6.45) is 0. The maximum atomic E-state index is 14.3. The number of carbonyl (C=O) groups excluding carboxylic acids is 1. The number of morpholine rings is 1. The molecule has 3 aliphatic heterocycles. The molecule has 1 saturated heterocycles. The smallest absolute Gasteiger partial charge is 0.348 e. The van der Waals surface area contributed by atoms with E-state index in [4.69, 9.17) is 54.1 Å². The van der Waals surface area contributed by atoms with E-state index in [-0.39, 0.29) is 36.6 Å². The van der Waals surface area contributed by atoms with Crippen molar-refractivity contribution in [3.63, 3.8) is 0 Å². The van der Waals surface area contributed by atoms with Gasteiger partial charge in [0.1, 0.15) is 6.04 Å². The second kappa shape index (κ2) is 21.2. The molecule has 75 heavy (non-hydrogen) atoms. The Labute approximate surface area is 443 Å². The van der Waals surface area contributed by atoms with Crippen LogP contribution in [0.1, 0.15) is 63.7 Å². The summed E-state index contributed by atoms with van der Waals surface area (Å²) in [7, 11) is 1.72. The van der Waals surface area contributed by atoms with E-state index in [0.29, 0.717) is 34.8 Å². The fraction of sp³-hybridized carbons (Fsp3) is 0.246. The maximum Gasteiger partial charge on any atom is 0.348 e. The third kappa shape index (κ3) is 10.2. The molecule has 380 valence electrons. The van der Waals surface area contributed by atoms with Gasteiger partial charge in [0.2, 0.25) is 17.8 Å². The van der Waals surface area contributed by atoms with Crippen molar-refractivity contribution in [2.75, 3.05) is 49.4 Å². The summed E-state index contributed by atoms with van der Waals surface area (Å²) >= 11 is 13.6. The average Bonchev–Trinajstić information content (AvgIpc) is 4.22. The number of benzene rings is 6. The molecule has 0 bridgehead atoms. The normalized spacial score (nSPS) is 17.3. The number of nitrogens with two attached hydrogens (primary N) is 1. The van der Waals surface area contributed by atoms with Crippen molar-refractivity contribution in [3.05, 3.63) is 222 Å². The molecule has 5 heterocycles. The second-order valence-electron chi connectivity index (χ2n) is 19.2. The first-order valence-electron chi connectivity index (χ1n) is 24.9. The van der Waals surface area contributed by atoms with Crippen molar-refractivity contribution in [2.45, 2.75) is 44.4 Å². The molecule has 0 saturated carbocycles. The van der Waals surface area contributed by atoms with E-state index in [0.717, 1.165) is 88.6 Å². The van der Waals surface area contributed by atoms with Crippen LogP contribution in [0.5, 0.6) is 0 Å². The molecule has 16 nitrogen and oxygen atoms in total. The Kier molecular flexibility index (Phi) is 13.9. The summed E-state index contributed by atoms with van der Waals surface area (Å²) < 4.78 is 11.2. The average molecular weight is 1040 g/mol. The highest BCUT2D eigenvalue weighted by Gasteiger charge is 2.36. The molecular formula is C57H54Cl2N12O4. The first kappa shape index (κ1) is 49.3. The summed E-state index contributed by atoms with van der Waals surface area (Å²) in [5.41, 5.74) is 15.0. The summed E-state index contributed by atoms with van der Waals surface area (Å²) in [5, 5.41) is 24.6. The number of amides is 1. The number of primary amides is 1. The van der Waals surface area contributed by atoms with E-state index < -0.39 is 17.6 Å². The number of anilines is 2. The largest absolute Gasteiger partial charge is 0.379 e. The standard InChI is InChI=1S/C57H54Cl2N12O4/c1-37(53(60)72)71-55(64-70(57(71)74)34-40-18-16-39(17-19-40)32-66-26-28-75-29-27-66)68-36-49(51(61-68)42-20-23-46(58)24-21-42)44-15-9-14-43(30-44)47-31-45(22-25-50(47)59)52-48(41-12-7-4-8-13-41)35-67(62-52)54-63-69(56(73)65(54)2)33-38-10-5-3-6-11-38/h3-25,30-31,37,48-49H,26-29,32-36H2,1-2H3,(H2,60,72)/t37?,48-,49+/m0/s1. The van der Waals surface area contributed by atoms with Crippen molar-refractivity contribution in [3.8, 4) is 11.1 Å². The van der Waals surface area contributed by atoms with Crippen molar-refractivity contribution in [2.24, 2.45) is 23.0 Å². The summed E-state index contributed by atoms with van der Waals surface area (Å²) in [6.45, 7) is 6.85. The molecule has 3 atom stereocenters.